The summed E-state index contributed by atoms with van der Waals surface area (Å²) >= 11 is 1.28. The fourth-order valence-corrected chi connectivity index (χ4v) is 2.65. The number of aryl methyl sites for hydroxylation is 1. The Kier molecular flexibility index (Phi) is 2.82. The van der Waals surface area contributed by atoms with Crippen LogP contribution in [0, 0.1) is 6.92 Å². The van der Waals surface area contributed by atoms with Gasteiger partial charge < -0.3 is 15.4 Å². The van der Waals surface area contributed by atoms with Crippen molar-refractivity contribution in [2.75, 3.05) is 18.6 Å². The van der Waals surface area contributed by atoms with Crippen molar-refractivity contribution in [3.05, 3.63) is 15.3 Å². The largest absolute Gasteiger partial charge is 0.462 e. The fraction of sp³-hybridized carbons (Fsp3) is 0.400. The minimum Gasteiger partial charge on any atom is -0.462 e. The highest BCUT2D eigenvalue weighted by Gasteiger charge is 2.28. The maximum absolute atomic E-state index is 11.7. The van der Waals surface area contributed by atoms with Crippen LogP contribution in [-0.4, -0.2) is 25.2 Å². The van der Waals surface area contributed by atoms with E-state index in [1.54, 1.807) is 6.92 Å². The van der Waals surface area contributed by atoms with Crippen LogP contribution in [0.1, 0.15) is 31.8 Å². The van der Waals surface area contributed by atoms with Gasteiger partial charge in [-0.05, 0) is 13.8 Å². The number of anilines is 1. The molecule has 0 saturated heterocycles. The van der Waals surface area contributed by atoms with Crippen LogP contribution in [0.4, 0.5) is 5.69 Å². The lowest BCUT2D eigenvalue weighted by Crippen LogP contribution is -2.34. The van der Waals surface area contributed by atoms with Gasteiger partial charge in [0.25, 0.3) is 5.91 Å². The van der Waals surface area contributed by atoms with Gasteiger partial charge in [0.1, 0.15) is 4.88 Å². The van der Waals surface area contributed by atoms with E-state index in [-0.39, 0.29) is 11.9 Å². The normalized spacial score (nSPS) is 13.8. The van der Waals surface area contributed by atoms with E-state index in [2.05, 4.69) is 10.6 Å². The summed E-state index contributed by atoms with van der Waals surface area (Å²) in [6.45, 7) is 4.24. The first-order valence-corrected chi connectivity index (χ1v) is 5.79. The number of amides is 1. The number of ether oxygens (including phenoxy) is 1. The molecule has 2 rings (SSSR count). The van der Waals surface area contributed by atoms with Crippen molar-refractivity contribution in [1.29, 1.82) is 0 Å². The van der Waals surface area contributed by atoms with E-state index >= 15 is 0 Å². The van der Waals surface area contributed by atoms with Gasteiger partial charge in [-0.25, -0.2) is 4.79 Å². The predicted octanol–water partition coefficient (Wildman–Crippen LogP) is 1.35. The third kappa shape index (κ3) is 1.65. The Morgan fingerprint density at radius 1 is 1.50 bits per heavy atom. The van der Waals surface area contributed by atoms with Crippen LogP contribution >= 0.6 is 11.3 Å². The minimum atomic E-state index is -0.376. The van der Waals surface area contributed by atoms with Crippen LogP contribution in [0.2, 0.25) is 0 Å². The van der Waals surface area contributed by atoms with E-state index < -0.39 is 0 Å². The number of hydrogen-bond acceptors (Lipinski definition) is 5. The molecule has 0 unspecified atom stereocenters. The number of thiophene rings is 1. The number of hydrogen-bond donors (Lipinski definition) is 2. The van der Waals surface area contributed by atoms with E-state index in [4.69, 9.17) is 4.74 Å². The SMILES string of the molecule is CCOC(=O)c1sc(C)c2c1NCNC2=O. The van der Waals surface area contributed by atoms with Gasteiger partial charge in [0.05, 0.1) is 24.5 Å². The molecule has 0 radical (unpaired) electrons. The highest BCUT2D eigenvalue weighted by molar-refractivity contribution is 7.15. The van der Waals surface area contributed by atoms with Crippen molar-refractivity contribution < 1.29 is 14.3 Å². The summed E-state index contributed by atoms with van der Waals surface area (Å²) in [6, 6.07) is 0. The van der Waals surface area contributed by atoms with Crippen LogP contribution in [0.25, 0.3) is 0 Å². The first-order valence-electron chi connectivity index (χ1n) is 4.97. The fourth-order valence-electron chi connectivity index (χ4n) is 1.63. The number of rotatable bonds is 2. The quantitative estimate of drug-likeness (QED) is 0.766. The van der Waals surface area contributed by atoms with Crippen LogP contribution < -0.4 is 10.6 Å². The second-order valence-corrected chi connectivity index (χ2v) is 4.54. The summed E-state index contributed by atoms with van der Waals surface area (Å²) in [4.78, 5) is 24.6. The van der Waals surface area contributed by atoms with Gasteiger partial charge >= 0.3 is 5.97 Å². The summed E-state index contributed by atoms with van der Waals surface area (Å²) in [5, 5.41) is 5.67. The average Bonchev–Trinajstić information content (AvgIpc) is 2.58. The molecule has 0 aliphatic carbocycles. The molecule has 2 heterocycles. The molecule has 1 aromatic heterocycles. The maximum atomic E-state index is 11.7. The van der Waals surface area contributed by atoms with Crippen molar-refractivity contribution >= 4 is 28.9 Å². The van der Waals surface area contributed by atoms with Crippen LogP contribution in [0.3, 0.4) is 0 Å². The summed E-state index contributed by atoms with van der Waals surface area (Å²) in [7, 11) is 0. The van der Waals surface area contributed by atoms with E-state index in [1.165, 1.54) is 11.3 Å². The van der Waals surface area contributed by atoms with Gasteiger partial charge in [-0.3, -0.25) is 4.79 Å². The Balaban J connectivity index is 2.45. The summed E-state index contributed by atoms with van der Waals surface area (Å²) in [6.07, 6.45) is 0. The molecule has 1 aliphatic heterocycles. The molecule has 6 heteroatoms. The van der Waals surface area contributed by atoms with Gasteiger partial charge in [0.15, 0.2) is 0 Å². The molecule has 5 nitrogen and oxygen atoms in total. The predicted molar refractivity (Wildman–Crippen MR) is 61.0 cm³/mol. The number of nitrogens with one attached hydrogen (secondary N) is 2. The molecule has 0 spiro atoms. The van der Waals surface area contributed by atoms with E-state index in [1.807, 2.05) is 6.92 Å². The summed E-state index contributed by atoms with van der Waals surface area (Å²) in [5.74, 6) is -0.517. The van der Waals surface area contributed by atoms with E-state index in [0.29, 0.717) is 29.4 Å². The molecule has 1 aromatic rings. The highest BCUT2D eigenvalue weighted by Crippen LogP contribution is 2.34. The van der Waals surface area contributed by atoms with Crippen molar-refractivity contribution in [3.63, 3.8) is 0 Å². The van der Waals surface area contributed by atoms with Gasteiger partial charge in [-0.15, -0.1) is 11.3 Å². The lowest BCUT2D eigenvalue weighted by molar-refractivity contribution is 0.0533. The topological polar surface area (TPSA) is 67.4 Å². The smallest absolute Gasteiger partial charge is 0.350 e. The zero-order valence-electron chi connectivity index (χ0n) is 9.05. The zero-order chi connectivity index (χ0) is 11.7. The van der Waals surface area contributed by atoms with E-state index in [9.17, 15) is 9.59 Å². The Morgan fingerprint density at radius 2 is 2.25 bits per heavy atom. The lowest BCUT2D eigenvalue weighted by Gasteiger charge is -2.16. The minimum absolute atomic E-state index is 0.141. The van der Waals surface area contributed by atoms with Crippen molar-refractivity contribution in [2.24, 2.45) is 0 Å². The number of carbonyl (C=O) groups is 2. The first-order chi connectivity index (χ1) is 7.65. The van der Waals surface area contributed by atoms with Crippen molar-refractivity contribution in [1.82, 2.24) is 5.32 Å². The van der Waals surface area contributed by atoms with Gasteiger partial charge in [-0.1, -0.05) is 0 Å². The van der Waals surface area contributed by atoms with Crippen molar-refractivity contribution in [3.8, 4) is 0 Å². The summed E-state index contributed by atoms with van der Waals surface area (Å²) in [5.41, 5.74) is 1.16. The second-order valence-electron chi connectivity index (χ2n) is 3.32. The molecule has 0 fully saturated rings. The van der Waals surface area contributed by atoms with Gasteiger partial charge in [-0.2, -0.15) is 0 Å². The first kappa shape index (κ1) is 10.9. The molecular formula is C10H12N2O3S. The molecule has 0 aromatic carbocycles. The Morgan fingerprint density at radius 3 is 2.94 bits per heavy atom. The molecule has 16 heavy (non-hydrogen) atoms. The third-order valence-electron chi connectivity index (χ3n) is 2.29. The summed E-state index contributed by atoms with van der Waals surface area (Å²) < 4.78 is 4.94. The van der Waals surface area contributed by atoms with Crippen LogP contribution in [-0.2, 0) is 4.74 Å². The molecule has 0 atom stereocenters. The molecule has 1 aliphatic rings. The van der Waals surface area contributed by atoms with Crippen LogP contribution in [0.15, 0.2) is 0 Å². The number of fused-ring (bicyclic) bond motifs is 1. The highest BCUT2D eigenvalue weighted by atomic mass is 32.1. The lowest BCUT2D eigenvalue weighted by atomic mass is 10.1. The third-order valence-corrected chi connectivity index (χ3v) is 3.37. The number of esters is 1. The molecule has 1 amide bonds. The van der Waals surface area contributed by atoms with Crippen LogP contribution in [0.5, 0.6) is 0 Å². The Labute approximate surface area is 96.8 Å². The molecule has 86 valence electrons. The molecule has 2 N–H and O–H groups in total. The molecule has 0 bridgehead atoms. The Bertz CT molecular complexity index is 453. The van der Waals surface area contributed by atoms with Crippen molar-refractivity contribution in [2.45, 2.75) is 13.8 Å². The standard InChI is InChI=1S/C10H12N2O3S/c1-3-15-10(14)8-7-6(5(2)16-8)9(13)12-4-11-7/h11H,3-4H2,1-2H3,(H,12,13). The second kappa shape index (κ2) is 4.13. The number of carbonyl (C=O) groups excluding carboxylic acids is 2. The van der Waals surface area contributed by atoms with Gasteiger partial charge in [0.2, 0.25) is 0 Å². The van der Waals surface area contributed by atoms with E-state index in [0.717, 1.165) is 4.88 Å². The van der Waals surface area contributed by atoms with Gasteiger partial charge in [0, 0.05) is 4.88 Å². The maximum Gasteiger partial charge on any atom is 0.350 e. The molecular weight excluding hydrogens is 228 g/mol. The molecule has 0 saturated carbocycles. The zero-order valence-corrected chi connectivity index (χ0v) is 9.86. The monoisotopic (exact) mass is 240 g/mol. The Hall–Kier alpha value is -1.56. The average molecular weight is 240 g/mol.